The third kappa shape index (κ3) is 2.40. The predicted molar refractivity (Wildman–Crippen MR) is 105 cm³/mol. The van der Waals surface area contributed by atoms with Crippen LogP contribution in [0.1, 0.15) is 48.7 Å². The lowest BCUT2D eigenvalue weighted by Crippen LogP contribution is -2.44. The fourth-order valence-electron chi connectivity index (χ4n) is 5.30. The van der Waals surface area contributed by atoms with Crippen molar-refractivity contribution < 1.29 is 9.84 Å². The molecule has 4 aliphatic rings. The molecule has 3 aliphatic heterocycles. The molecular weight excluding hydrogens is 370 g/mol. The zero-order chi connectivity index (χ0) is 19.8. The number of anilines is 1. The predicted octanol–water partition coefficient (Wildman–Crippen LogP) is 1.52. The van der Waals surface area contributed by atoms with E-state index in [1.165, 1.54) is 6.42 Å². The molecule has 3 saturated heterocycles. The van der Waals surface area contributed by atoms with E-state index < -0.39 is 5.60 Å². The van der Waals surface area contributed by atoms with Crippen molar-refractivity contribution >= 4 is 11.3 Å². The highest BCUT2D eigenvalue weighted by Crippen LogP contribution is 2.63. The van der Waals surface area contributed by atoms with Gasteiger partial charge in [-0.2, -0.15) is 5.10 Å². The maximum Gasteiger partial charge on any atom is 0.184 e. The third-order valence-electron chi connectivity index (χ3n) is 6.82. The van der Waals surface area contributed by atoms with Crippen LogP contribution >= 0.6 is 0 Å². The first kappa shape index (κ1) is 17.3. The number of nitrogens with zero attached hydrogens (tertiary/aromatic N) is 6. The number of fused-ring (bicyclic) bond motifs is 2. The number of aliphatic hydroxyl groups excluding tert-OH is 1. The summed E-state index contributed by atoms with van der Waals surface area (Å²) in [6, 6.07) is 2.04. The van der Waals surface area contributed by atoms with Gasteiger partial charge < -0.3 is 14.7 Å². The maximum atomic E-state index is 9.98. The van der Waals surface area contributed by atoms with Crippen molar-refractivity contribution in [2.45, 2.75) is 44.8 Å². The fourth-order valence-corrected chi connectivity index (χ4v) is 5.30. The Morgan fingerprint density at radius 1 is 1.38 bits per heavy atom. The molecule has 2 N–H and O–H groups in total. The van der Waals surface area contributed by atoms with Crippen LogP contribution in [0.5, 0.6) is 0 Å². The van der Waals surface area contributed by atoms with E-state index >= 15 is 0 Å². The molecule has 0 aromatic carbocycles. The van der Waals surface area contributed by atoms with Crippen molar-refractivity contribution in [1.29, 1.82) is 0 Å². The molecule has 3 aromatic heterocycles. The summed E-state index contributed by atoms with van der Waals surface area (Å²) in [6.45, 7) is 6.84. The molecule has 1 aliphatic carbocycles. The molecule has 9 heteroatoms. The number of hydrogen-bond donors (Lipinski definition) is 2. The topological polar surface area (TPSA) is 104 Å². The highest BCUT2D eigenvalue weighted by molar-refractivity contribution is 5.58. The van der Waals surface area contributed by atoms with Gasteiger partial charge in [-0.3, -0.25) is 5.10 Å². The van der Waals surface area contributed by atoms with Gasteiger partial charge in [-0.15, -0.1) is 5.10 Å². The number of H-pyrrole nitrogens is 1. The van der Waals surface area contributed by atoms with Crippen LogP contribution in [-0.2, 0) is 16.9 Å². The molecule has 29 heavy (non-hydrogen) atoms. The Balaban J connectivity index is 1.42. The second-order valence-electron chi connectivity index (χ2n) is 8.85. The standard InChI is InChI=1S/C20H25N7O2/c1-11-3-4-26(7-11)15-5-13(9-28)18-22-19(25-27(18)8-15)20-6-14(10-29-20)16(20)17-21-12(2)23-24-17/h5,8,11,14,16,28H,3-4,6-7,9-10H2,1-2H3,(H,21,23,24). The fraction of sp³-hybridized carbons (Fsp3) is 0.600. The summed E-state index contributed by atoms with van der Waals surface area (Å²) in [4.78, 5) is 11.7. The summed E-state index contributed by atoms with van der Waals surface area (Å²) >= 11 is 0. The minimum Gasteiger partial charge on any atom is -0.392 e. The van der Waals surface area contributed by atoms with Crippen LogP contribution in [0.2, 0.25) is 0 Å². The monoisotopic (exact) mass is 395 g/mol. The number of pyridine rings is 1. The molecule has 4 unspecified atom stereocenters. The average molecular weight is 395 g/mol. The van der Waals surface area contributed by atoms with Gasteiger partial charge in [0.05, 0.1) is 31.0 Å². The SMILES string of the molecule is Cc1nc(C2C3COC2(c2nc4c(CO)cc(N5CCC(C)C5)cn4n2)C3)n[nH]1. The van der Waals surface area contributed by atoms with Crippen LogP contribution in [0.3, 0.4) is 0 Å². The van der Waals surface area contributed by atoms with Crippen molar-refractivity contribution in [1.82, 2.24) is 29.8 Å². The van der Waals surface area contributed by atoms with Crippen LogP contribution in [-0.4, -0.2) is 54.6 Å². The van der Waals surface area contributed by atoms with E-state index in [4.69, 9.17) is 14.8 Å². The zero-order valence-electron chi connectivity index (χ0n) is 16.7. The highest BCUT2D eigenvalue weighted by Gasteiger charge is 2.66. The Morgan fingerprint density at radius 3 is 2.97 bits per heavy atom. The number of rotatable bonds is 4. The van der Waals surface area contributed by atoms with E-state index in [-0.39, 0.29) is 12.5 Å². The number of ether oxygens (including phenoxy) is 1. The van der Waals surface area contributed by atoms with Crippen LogP contribution in [0, 0.1) is 18.8 Å². The molecule has 6 heterocycles. The summed E-state index contributed by atoms with van der Waals surface area (Å²) in [5.41, 5.74) is 1.99. The number of aryl methyl sites for hydroxylation is 1. The summed E-state index contributed by atoms with van der Waals surface area (Å²) in [5.74, 6) is 3.40. The normalized spacial score (nSPS) is 31.0. The summed E-state index contributed by atoms with van der Waals surface area (Å²) in [5, 5.41) is 22.1. The van der Waals surface area contributed by atoms with E-state index in [0.29, 0.717) is 29.9 Å². The van der Waals surface area contributed by atoms with Crippen molar-refractivity contribution in [3.63, 3.8) is 0 Å². The smallest absolute Gasteiger partial charge is 0.184 e. The molecule has 0 amide bonds. The largest absolute Gasteiger partial charge is 0.392 e. The van der Waals surface area contributed by atoms with Gasteiger partial charge in [0.2, 0.25) is 0 Å². The maximum absolute atomic E-state index is 9.98. The lowest BCUT2D eigenvalue weighted by molar-refractivity contribution is -0.0345. The molecule has 0 spiro atoms. The molecule has 152 valence electrons. The summed E-state index contributed by atoms with van der Waals surface area (Å²) in [7, 11) is 0. The molecule has 4 fully saturated rings. The number of hydrogen-bond acceptors (Lipinski definition) is 7. The van der Waals surface area contributed by atoms with Crippen LogP contribution < -0.4 is 4.90 Å². The number of aromatic amines is 1. The Bertz CT molecular complexity index is 1090. The van der Waals surface area contributed by atoms with Gasteiger partial charge in [-0.25, -0.2) is 14.5 Å². The quantitative estimate of drug-likeness (QED) is 0.690. The number of nitrogens with one attached hydrogen (secondary N) is 1. The van der Waals surface area contributed by atoms with Crippen LogP contribution in [0.25, 0.3) is 5.65 Å². The molecule has 9 nitrogen and oxygen atoms in total. The van der Waals surface area contributed by atoms with E-state index in [1.54, 1.807) is 0 Å². The van der Waals surface area contributed by atoms with Gasteiger partial charge in [0.25, 0.3) is 0 Å². The minimum atomic E-state index is -0.569. The molecule has 2 bridgehead atoms. The molecule has 7 rings (SSSR count). The first-order valence-electron chi connectivity index (χ1n) is 10.4. The van der Waals surface area contributed by atoms with Gasteiger partial charge in [0.15, 0.2) is 17.3 Å². The van der Waals surface area contributed by atoms with Crippen molar-refractivity contribution in [2.24, 2.45) is 11.8 Å². The van der Waals surface area contributed by atoms with Crippen molar-refractivity contribution in [3.8, 4) is 0 Å². The lowest BCUT2D eigenvalue weighted by atomic mass is 9.63. The lowest BCUT2D eigenvalue weighted by Gasteiger charge is -2.41. The van der Waals surface area contributed by atoms with Gasteiger partial charge in [-0.1, -0.05) is 6.92 Å². The first-order valence-corrected chi connectivity index (χ1v) is 10.4. The third-order valence-corrected chi connectivity index (χ3v) is 6.82. The number of aromatic nitrogens is 6. The van der Waals surface area contributed by atoms with Gasteiger partial charge in [0.1, 0.15) is 11.4 Å². The summed E-state index contributed by atoms with van der Waals surface area (Å²) in [6.07, 6.45) is 4.09. The Labute approximate surface area is 168 Å². The Hall–Kier alpha value is -2.52. The molecule has 0 radical (unpaired) electrons. The average Bonchev–Trinajstić information content (AvgIpc) is 3.48. The van der Waals surface area contributed by atoms with E-state index in [0.717, 1.165) is 42.4 Å². The summed E-state index contributed by atoms with van der Waals surface area (Å²) < 4.78 is 8.03. The van der Waals surface area contributed by atoms with Gasteiger partial charge >= 0.3 is 0 Å². The van der Waals surface area contributed by atoms with Gasteiger partial charge in [-0.05, 0) is 37.7 Å². The van der Waals surface area contributed by atoms with E-state index in [2.05, 4.69) is 27.0 Å². The molecule has 3 aromatic rings. The Kier molecular flexibility index (Phi) is 3.58. The van der Waals surface area contributed by atoms with E-state index in [9.17, 15) is 5.11 Å². The second kappa shape index (κ2) is 5.99. The second-order valence-corrected chi connectivity index (χ2v) is 8.85. The van der Waals surface area contributed by atoms with Crippen LogP contribution in [0.4, 0.5) is 5.69 Å². The van der Waals surface area contributed by atoms with E-state index in [1.807, 2.05) is 23.7 Å². The Morgan fingerprint density at radius 2 is 2.28 bits per heavy atom. The number of aliphatic hydroxyl groups is 1. The van der Waals surface area contributed by atoms with Crippen molar-refractivity contribution in [3.05, 3.63) is 35.3 Å². The molecule has 4 atom stereocenters. The minimum absolute atomic E-state index is 0.0705. The zero-order valence-corrected chi connectivity index (χ0v) is 16.7. The highest BCUT2D eigenvalue weighted by atomic mass is 16.5. The van der Waals surface area contributed by atoms with Gasteiger partial charge in [0, 0.05) is 18.7 Å². The van der Waals surface area contributed by atoms with Crippen molar-refractivity contribution in [2.75, 3.05) is 24.6 Å². The van der Waals surface area contributed by atoms with Crippen LogP contribution in [0.15, 0.2) is 12.3 Å². The first-order chi connectivity index (χ1) is 14.1. The molecule has 1 saturated carbocycles. The molecular formula is C20H25N7O2.